The quantitative estimate of drug-likeness (QED) is 0.578. The summed E-state index contributed by atoms with van der Waals surface area (Å²) < 4.78 is 39.1. The summed E-state index contributed by atoms with van der Waals surface area (Å²) >= 11 is 1.48. The summed E-state index contributed by atoms with van der Waals surface area (Å²) in [5.41, 5.74) is 2.23. The van der Waals surface area contributed by atoms with Gasteiger partial charge in [-0.1, -0.05) is 12.1 Å². The van der Waals surface area contributed by atoms with Gasteiger partial charge in [-0.15, -0.1) is 11.3 Å². The van der Waals surface area contributed by atoms with E-state index in [0.717, 1.165) is 59.6 Å². The molecule has 3 aromatic rings. The van der Waals surface area contributed by atoms with Crippen molar-refractivity contribution in [2.24, 2.45) is 4.99 Å². The standard InChI is InChI=1S/C24H23F3N4OS/c25-24(26,27)16-5-3-4-15(12-16)21-8-7-17(33-21)13-31-11-9-19-18(14-31)23(32)30-22(29-19)20-6-1-2-10-28-20/h3-5,7-8,12H,1-2,6,9-11,13-14H2,(H,29,30,32). The van der Waals surface area contributed by atoms with Gasteiger partial charge in [-0.25, -0.2) is 4.98 Å². The minimum Gasteiger partial charge on any atom is -0.305 e. The molecule has 2 aromatic heterocycles. The predicted octanol–water partition coefficient (Wildman–Crippen LogP) is 5.05. The van der Waals surface area contributed by atoms with Crippen LogP contribution >= 0.6 is 11.3 Å². The Labute approximate surface area is 193 Å². The lowest BCUT2D eigenvalue weighted by molar-refractivity contribution is -0.137. The summed E-state index contributed by atoms with van der Waals surface area (Å²) in [7, 11) is 0. The zero-order chi connectivity index (χ0) is 23.0. The Hall–Kier alpha value is -2.78. The number of hydrogen-bond donors (Lipinski definition) is 1. The number of nitrogens with zero attached hydrogens (tertiary/aromatic N) is 3. The lowest BCUT2D eigenvalue weighted by Gasteiger charge is -2.27. The molecule has 1 N–H and O–H groups in total. The Balaban J connectivity index is 1.31. The molecule has 0 spiro atoms. The first-order valence-corrected chi connectivity index (χ1v) is 11.8. The molecule has 33 heavy (non-hydrogen) atoms. The summed E-state index contributed by atoms with van der Waals surface area (Å²) in [4.78, 5) is 28.9. The molecule has 0 saturated heterocycles. The molecule has 0 amide bonds. The van der Waals surface area contributed by atoms with Gasteiger partial charge in [-0.2, -0.15) is 13.2 Å². The fourth-order valence-electron chi connectivity index (χ4n) is 4.33. The Morgan fingerprint density at radius 2 is 2.00 bits per heavy atom. The predicted molar refractivity (Wildman–Crippen MR) is 123 cm³/mol. The largest absolute Gasteiger partial charge is 0.416 e. The van der Waals surface area contributed by atoms with Crippen LogP contribution < -0.4 is 5.56 Å². The molecular formula is C24H23F3N4OS. The van der Waals surface area contributed by atoms with Gasteiger partial charge in [0.1, 0.15) is 0 Å². The third-order valence-corrected chi connectivity index (χ3v) is 7.18. The molecule has 9 heteroatoms. The molecule has 4 heterocycles. The number of aliphatic imine (C=N–C) groups is 1. The van der Waals surface area contributed by atoms with E-state index in [1.165, 1.54) is 23.5 Å². The van der Waals surface area contributed by atoms with Crippen molar-refractivity contribution in [3.05, 3.63) is 74.3 Å². The number of H-pyrrole nitrogens is 1. The molecule has 0 bridgehead atoms. The monoisotopic (exact) mass is 472 g/mol. The number of alkyl halides is 3. The van der Waals surface area contributed by atoms with Gasteiger partial charge >= 0.3 is 6.18 Å². The number of aromatic amines is 1. The Bertz CT molecular complexity index is 1260. The number of fused-ring (bicyclic) bond motifs is 1. The SMILES string of the molecule is O=c1[nH]c(C2=NCCCC2)nc2c1CN(Cc1ccc(-c3cccc(C(F)(F)F)c3)s1)CC2. The van der Waals surface area contributed by atoms with Crippen LogP contribution in [0.3, 0.4) is 0 Å². The molecule has 2 aliphatic rings. The Kier molecular flexibility index (Phi) is 5.92. The van der Waals surface area contributed by atoms with Crippen LogP contribution in [0.1, 0.15) is 46.8 Å². The number of hydrogen-bond acceptors (Lipinski definition) is 5. The van der Waals surface area contributed by atoms with E-state index < -0.39 is 11.7 Å². The Morgan fingerprint density at radius 1 is 1.12 bits per heavy atom. The number of nitrogens with one attached hydrogen (secondary N) is 1. The van der Waals surface area contributed by atoms with Crippen molar-refractivity contribution in [1.82, 2.24) is 14.9 Å². The maximum Gasteiger partial charge on any atom is 0.416 e. The van der Waals surface area contributed by atoms with Gasteiger partial charge in [0.2, 0.25) is 0 Å². The first-order valence-electron chi connectivity index (χ1n) is 11.0. The molecule has 172 valence electrons. The van der Waals surface area contributed by atoms with Crippen LogP contribution in [-0.2, 0) is 25.7 Å². The van der Waals surface area contributed by atoms with Crippen LogP contribution in [0.15, 0.2) is 46.2 Å². The smallest absolute Gasteiger partial charge is 0.305 e. The van der Waals surface area contributed by atoms with Crippen molar-refractivity contribution >= 4 is 17.0 Å². The van der Waals surface area contributed by atoms with E-state index in [4.69, 9.17) is 4.98 Å². The lowest BCUT2D eigenvalue weighted by Crippen LogP contribution is -2.36. The number of rotatable bonds is 4. The summed E-state index contributed by atoms with van der Waals surface area (Å²) in [6, 6.07) is 9.21. The molecule has 1 aromatic carbocycles. The molecule has 0 aliphatic carbocycles. The molecule has 0 atom stereocenters. The fourth-order valence-corrected chi connectivity index (χ4v) is 5.38. The highest BCUT2D eigenvalue weighted by Gasteiger charge is 2.30. The number of benzene rings is 1. The molecule has 5 nitrogen and oxygen atoms in total. The van der Waals surface area contributed by atoms with E-state index in [9.17, 15) is 18.0 Å². The molecule has 0 radical (unpaired) electrons. The zero-order valence-electron chi connectivity index (χ0n) is 17.9. The third-order valence-electron chi connectivity index (χ3n) is 6.06. The maximum atomic E-state index is 13.0. The van der Waals surface area contributed by atoms with E-state index in [1.54, 1.807) is 6.07 Å². The highest BCUT2D eigenvalue weighted by molar-refractivity contribution is 7.15. The van der Waals surface area contributed by atoms with Crippen molar-refractivity contribution < 1.29 is 13.2 Å². The second-order valence-electron chi connectivity index (χ2n) is 8.43. The van der Waals surface area contributed by atoms with Crippen LogP contribution in [0.25, 0.3) is 10.4 Å². The molecule has 2 aliphatic heterocycles. The van der Waals surface area contributed by atoms with Crippen LogP contribution in [0, 0.1) is 0 Å². The van der Waals surface area contributed by atoms with Crippen LogP contribution in [0.4, 0.5) is 13.2 Å². The summed E-state index contributed by atoms with van der Waals surface area (Å²) in [6.07, 6.45) is -0.684. The van der Waals surface area contributed by atoms with Crippen LogP contribution in [-0.4, -0.2) is 33.7 Å². The Morgan fingerprint density at radius 3 is 2.79 bits per heavy atom. The molecular weight excluding hydrogens is 449 g/mol. The molecule has 0 fully saturated rings. The molecule has 0 saturated carbocycles. The van der Waals surface area contributed by atoms with Crippen molar-refractivity contribution in [2.45, 2.75) is 44.9 Å². The van der Waals surface area contributed by atoms with E-state index in [0.29, 0.717) is 36.5 Å². The van der Waals surface area contributed by atoms with Gasteiger partial charge in [-0.3, -0.25) is 14.7 Å². The second-order valence-corrected chi connectivity index (χ2v) is 9.60. The molecule has 5 rings (SSSR count). The van der Waals surface area contributed by atoms with Crippen LogP contribution in [0.2, 0.25) is 0 Å². The zero-order valence-corrected chi connectivity index (χ0v) is 18.7. The van der Waals surface area contributed by atoms with Crippen molar-refractivity contribution in [3.8, 4) is 10.4 Å². The average Bonchev–Trinajstić information content (AvgIpc) is 3.28. The van der Waals surface area contributed by atoms with Gasteiger partial charge in [-0.05, 0) is 49.1 Å². The van der Waals surface area contributed by atoms with E-state index >= 15 is 0 Å². The van der Waals surface area contributed by atoms with Gasteiger partial charge in [0.05, 0.1) is 22.5 Å². The van der Waals surface area contributed by atoms with E-state index in [1.807, 2.05) is 12.1 Å². The summed E-state index contributed by atoms with van der Waals surface area (Å²) in [5.74, 6) is 0.607. The number of aromatic nitrogens is 2. The third kappa shape index (κ3) is 4.79. The number of halogens is 3. The molecule has 0 unspecified atom stereocenters. The topological polar surface area (TPSA) is 61.4 Å². The first kappa shape index (κ1) is 22.0. The van der Waals surface area contributed by atoms with Crippen molar-refractivity contribution in [2.75, 3.05) is 13.1 Å². The summed E-state index contributed by atoms with van der Waals surface area (Å²) in [5, 5.41) is 0. The minimum absolute atomic E-state index is 0.108. The van der Waals surface area contributed by atoms with E-state index in [2.05, 4.69) is 14.9 Å². The van der Waals surface area contributed by atoms with Gasteiger partial charge in [0.25, 0.3) is 5.56 Å². The number of thiophene rings is 1. The highest BCUT2D eigenvalue weighted by atomic mass is 32.1. The fraction of sp³-hybridized carbons (Fsp3) is 0.375. The lowest BCUT2D eigenvalue weighted by atomic mass is 10.1. The summed E-state index contributed by atoms with van der Waals surface area (Å²) in [6.45, 7) is 2.69. The minimum atomic E-state index is -4.36. The van der Waals surface area contributed by atoms with Gasteiger partial charge in [0, 0.05) is 42.4 Å². The highest BCUT2D eigenvalue weighted by Crippen LogP contribution is 2.35. The average molecular weight is 473 g/mol. The normalized spacial score (nSPS) is 17.0. The van der Waals surface area contributed by atoms with E-state index in [-0.39, 0.29) is 5.56 Å². The van der Waals surface area contributed by atoms with Gasteiger partial charge < -0.3 is 4.98 Å². The maximum absolute atomic E-state index is 13.0. The van der Waals surface area contributed by atoms with Crippen LogP contribution in [0.5, 0.6) is 0 Å². The first-order chi connectivity index (χ1) is 15.9. The van der Waals surface area contributed by atoms with Gasteiger partial charge in [0.15, 0.2) is 5.82 Å². The van der Waals surface area contributed by atoms with Crippen molar-refractivity contribution in [3.63, 3.8) is 0 Å². The second kappa shape index (κ2) is 8.87. The van der Waals surface area contributed by atoms with Crippen molar-refractivity contribution in [1.29, 1.82) is 0 Å².